The van der Waals surface area contributed by atoms with Gasteiger partial charge in [-0.1, -0.05) is 44.0 Å². The Morgan fingerprint density at radius 3 is 2.48 bits per heavy atom. The first-order valence-corrected chi connectivity index (χ1v) is 8.85. The van der Waals surface area contributed by atoms with Crippen molar-refractivity contribution in [3.8, 4) is 0 Å². The second-order valence-corrected chi connectivity index (χ2v) is 6.22. The molecule has 25 heavy (non-hydrogen) atoms. The Morgan fingerprint density at radius 1 is 1.16 bits per heavy atom. The largest absolute Gasteiger partial charge is 0.372 e. The van der Waals surface area contributed by atoms with Gasteiger partial charge in [-0.2, -0.15) is 0 Å². The number of carbonyl (C=O) groups excluding carboxylic acids is 3. The number of carbonyl (C=O) groups is 3. The van der Waals surface area contributed by atoms with E-state index in [1.54, 1.807) is 0 Å². The Bertz CT molecular complexity index is 598. The first kappa shape index (κ1) is 19.1. The van der Waals surface area contributed by atoms with Crippen molar-refractivity contribution in [1.29, 1.82) is 0 Å². The lowest BCUT2D eigenvalue weighted by atomic mass is 10.1. The molecule has 1 aromatic carbocycles. The highest BCUT2D eigenvalue weighted by molar-refractivity contribution is 6.00. The highest BCUT2D eigenvalue weighted by Crippen LogP contribution is 2.12. The van der Waals surface area contributed by atoms with Crippen LogP contribution >= 0.6 is 0 Å². The van der Waals surface area contributed by atoms with E-state index in [4.69, 9.17) is 4.74 Å². The summed E-state index contributed by atoms with van der Waals surface area (Å²) < 4.78 is 5.31. The molecule has 6 heteroatoms. The Kier molecular flexibility index (Phi) is 7.60. The number of nitrogens with zero attached hydrogens (tertiary/aromatic N) is 1. The fourth-order valence-electron chi connectivity index (χ4n) is 2.49. The molecule has 1 aliphatic heterocycles. The van der Waals surface area contributed by atoms with Gasteiger partial charge in [-0.3, -0.25) is 19.3 Å². The zero-order valence-electron chi connectivity index (χ0n) is 14.8. The molecular weight excluding hydrogens is 320 g/mol. The Morgan fingerprint density at radius 2 is 1.88 bits per heavy atom. The monoisotopic (exact) mass is 346 g/mol. The number of β-lactam (4-membered cyclic amide) rings is 1. The summed E-state index contributed by atoms with van der Waals surface area (Å²) in [6.07, 6.45) is 3.91. The third kappa shape index (κ3) is 6.31. The van der Waals surface area contributed by atoms with Crippen LogP contribution in [-0.4, -0.2) is 42.4 Å². The van der Waals surface area contributed by atoms with Crippen molar-refractivity contribution in [1.82, 2.24) is 10.2 Å². The van der Waals surface area contributed by atoms with E-state index in [1.165, 1.54) is 4.90 Å². The number of nitrogens with one attached hydrogen (secondary N) is 1. The minimum atomic E-state index is -0.155. The maximum atomic E-state index is 11.9. The fourth-order valence-corrected chi connectivity index (χ4v) is 2.49. The molecular formula is C19H26N2O4. The number of rotatable bonds is 10. The first-order chi connectivity index (χ1) is 12.1. The van der Waals surface area contributed by atoms with Crippen molar-refractivity contribution in [2.24, 2.45) is 0 Å². The van der Waals surface area contributed by atoms with Crippen molar-refractivity contribution >= 4 is 17.7 Å². The van der Waals surface area contributed by atoms with Gasteiger partial charge in [-0.15, -0.1) is 0 Å². The molecule has 0 bridgehead atoms. The third-order valence-electron chi connectivity index (χ3n) is 4.14. The van der Waals surface area contributed by atoms with Crippen LogP contribution < -0.4 is 5.32 Å². The van der Waals surface area contributed by atoms with Gasteiger partial charge >= 0.3 is 0 Å². The van der Waals surface area contributed by atoms with Crippen molar-refractivity contribution in [3.63, 3.8) is 0 Å². The molecule has 1 fully saturated rings. The van der Waals surface area contributed by atoms with E-state index in [2.05, 4.69) is 12.2 Å². The van der Waals surface area contributed by atoms with Crippen molar-refractivity contribution in [2.75, 3.05) is 19.8 Å². The number of hydrogen-bond donors (Lipinski definition) is 1. The maximum absolute atomic E-state index is 11.9. The van der Waals surface area contributed by atoms with Crippen molar-refractivity contribution in [2.45, 2.75) is 45.6 Å². The predicted molar refractivity (Wildman–Crippen MR) is 93.7 cm³/mol. The summed E-state index contributed by atoms with van der Waals surface area (Å²) in [5.74, 6) is -0.384. The summed E-state index contributed by atoms with van der Waals surface area (Å²) in [5.41, 5.74) is 1.81. The Labute approximate surface area is 148 Å². The van der Waals surface area contributed by atoms with Crippen molar-refractivity contribution < 1.29 is 19.1 Å². The molecule has 0 unspecified atom stereocenters. The van der Waals surface area contributed by atoms with E-state index in [0.29, 0.717) is 26.1 Å². The van der Waals surface area contributed by atoms with Crippen LogP contribution in [0, 0.1) is 0 Å². The molecule has 1 aliphatic rings. The van der Waals surface area contributed by atoms with Crippen LogP contribution in [0.3, 0.4) is 0 Å². The molecule has 1 aromatic rings. The summed E-state index contributed by atoms with van der Waals surface area (Å²) in [6, 6.07) is 7.46. The van der Waals surface area contributed by atoms with E-state index in [0.717, 1.165) is 30.4 Å². The summed E-state index contributed by atoms with van der Waals surface area (Å²) in [7, 11) is 0. The van der Waals surface area contributed by atoms with E-state index < -0.39 is 0 Å². The second-order valence-electron chi connectivity index (χ2n) is 6.22. The lowest BCUT2D eigenvalue weighted by Crippen LogP contribution is -2.48. The zero-order chi connectivity index (χ0) is 18.1. The molecule has 6 nitrogen and oxygen atoms in total. The lowest BCUT2D eigenvalue weighted by molar-refractivity contribution is -0.151. The van der Waals surface area contributed by atoms with Crippen LogP contribution in [0.15, 0.2) is 24.3 Å². The van der Waals surface area contributed by atoms with E-state index >= 15 is 0 Å². The lowest BCUT2D eigenvalue weighted by Gasteiger charge is -2.28. The second kappa shape index (κ2) is 9.93. The van der Waals surface area contributed by atoms with Gasteiger partial charge in [-0.25, -0.2) is 0 Å². The Balaban J connectivity index is 1.66. The topological polar surface area (TPSA) is 75.7 Å². The summed E-state index contributed by atoms with van der Waals surface area (Å²) >= 11 is 0. The minimum absolute atomic E-state index is 0.0835. The van der Waals surface area contributed by atoms with Gasteiger partial charge in [-0.05, 0) is 17.5 Å². The molecule has 0 aliphatic carbocycles. The van der Waals surface area contributed by atoms with E-state index in [-0.39, 0.29) is 30.7 Å². The third-order valence-corrected chi connectivity index (χ3v) is 4.14. The van der Waals surface area contributed by atoms with Crippen LogP contribution in [0.25, 0.3) is 0 Å². The predicted octanol–water partition coefficient (Wildman–Crippen LogP) is 1.81. The number of hydrogen-bond acceptors (Lipinski definition) is 4. The molecule has 1 N–H and O–H groups in total. The number of likely N-dealkylation sites (tertiary alicyclic amines) is 1. The van der Waals surface area contributed by atoms with Crippen LogP contribution in [0.1, 0.15) is 43.7 Å². The van der Waals surface area contributed by atoms with E-state index in [9.17, 15) is 14.4 Å². The molecule has 0 spiro atoms. The number of amides is 3. The van der Waals surface area contributed by atoms with Crippen molar-refractivity contribution in [3.05, 3.63) is 35.4 Å². The van der Waals surface area contributed by atoms with Gasteiger partial charge < -0.3 is 10.1 Å². The van der Waals surface area contributed by atoms with E-state index in [1.807, 2.05) is 24.3 Å². The van der Waals surface area contributed by atoms with Gasteiger partial charge in [0.05, 0.1) is 6.42 Å². The van der Waals surface area contributed by atoms with Crippen LogP contribution in [-0.2, 0) is 32.1 Å². The van der Waals surface area contributed by atoms with Gasteiger partial charge in [0.15, 0.2) is 0 Å². The van der Waals surface area contributed by atoms with Crippen LogP contribution in [0.5, 0.6) is 0 Å². The molecule has 0 saturated carbocycles. The SMILES string of the molecule is CCCCCOCC(=O)NCc1ccc(CC(=O)N2CCC2=O)cc1. The van der Waals surface area contributed by atoms with Crippen LogP contribution in [0.2, 0.25) is 0 Å². The number of benzene rings is 1. The highest BCUT2D eigenvalue weighted by Gasteiger charge is 2.29. The quantitative estimate of drug-likeness (QED) is 0.518. The number of ether oxygens (including phenoxy) is 1. The number of imide groups is 1. The Hall–Kier alpha value is -2.21. The molecule has 0 aromatic heterocycles. The standard InChI is InChI=1S/C19H26N2O4/c1-2-3-4-11-25-14-17(22)20-13-16-7-5-15(6-8-16)12-19(24)21-10-9-18(21)23/h5-8H,2-4,9-14H2,1H3,(H,20,22). The first-order valence-electron chi connectivity index (χ1n) is 8.85. The molecule has 1 saturated heterocycles. The molecule has 1 heterocycles. The normalized spacial score (nSPS) is 13.5. The van der Waals surface area contributed by atoms with Crippen LogP contribution in [0.4, 0.5) is 0 Å². The van der Waals surface area contributed by atoms with Gasteiger partial charge in [0, 0.05) is 26.1 Å². The zero-order valence-corrected chi connectivity index (χ0v) is 14.8. The molecule has 0 atom stereocenters. The minimum Gasteiger partial charge on any atom is -0.372 e. The average Bonchev–Trinajstić information content (AvgIpc) is 2.59. The molecule has 3 amide bonds. The molecule has 0 radical (unpaired) electrons. The average molecular weight is 346 g/mol. The van der Waals surface area contributed by atoms with Gasteiger partial charge in [0.2, 0.25) is 17.7 Å². The molecule has 2 rings (SSSR count). The fraction of sp³-hybridized carbons (Fsp3) is 0.526. The highest BCUT2D eigenvalue weighted by atomic mass is 16.5. The maximum Gasteiger partial charge on any atom is 0.246 e. The smallest absolute Gasteiger partial charge is 0.246 e. The summed E-state index contributed by atoms with van der Waals surface area (Å²) in [4.78, 5) is 36.1. The number of unbranched alkanes of at least 4 members (excludes halogenated alkanes) is 2. The summed E-state index contributed by atoms with van der Waals surface area (Å²) in [5, 5.41) is 2.81. The summed E-state index contributed by atoms with van der Waals surface area (Å²) in [6.45, 7) is 3.78. The van der Waals surface area contributed by atoms with Gasteiger partial charge in [0.1, 0.15) is 6.61 Å². The molecule has 136 valence electrons. The van der Waals surface area contributed by atoms with Gasteiger partial charge in [0.25, 0.3) is 0 Å².